The highest BCUT2D eigenvalue weighted by Gasteiger charge is 2.35. The third kappa shape index (κ3) is 16.8. The lowest BCUT2D eigenvalue weighted by Crippen LogP contribution is -2.49. The molecule has 1 aliphatic rings. The van der Waals surface area contributed by atoms with Gasteiger partial charge in [-0.3, -0.25) is 19.9 Å². The van der Waals surface area contributed by atoms with Gasteiger partial charge in [0, 0.05) is 37.7 Å². The lowest BCUT2D eigenvalue weighted by atomic mass is 10.0. The molecule has 0 aromatic carbocycles. The number of aromatic nitrogens is 2. The molecule has 1 fully saturated rings. The minimum absolute atomic E-state index is 0.0162. The molecule has 1 aliphatic heterocycles. The molecular weight excluding hydrogens is 518 g/mol. The number of carbonyl (C=O) groups excluding carboxylic acids is 2. The fourth-order valence-corrected chi connectivity index (χ4v) is 3.23. The van der Waals surface area contributed by atoms with Gasteiger partial charge in [-0.2, -0.15) is 0 Å². The molecular formula is C24H45N5O10. The van der Waals surface area contributed by atoms with Crippen molar-refractivity contribution >= 4 is 17.9 Å². The first-order valence-electron chi connectivity index (χ1n) is 13.0. The number of ether oxygens (including phenoxy) is 1. The van der Waals surface area contributed by atoms with E-state index in [2.05, 4.69) is 25.9 Å². The van der Waals surface area contributed by atoms with Crippen LogP contribution in [0.5, 0.6) is 0 Å². The lowest BCUT2D eigenvalue weighted by Gasteiger charge is -2.33. The van der Waals surface area contributed by atoms with Crippen molar-refractivity contribution in [3.05, 3.63) is 22.1 Å². The number of hydrogen-bond acceptors (Lipinski definition) is 11. The minimum atomic E-state index is -1.11. The Morgan fingerprint density at radius 1 is 1.13 bits per heavy atom. The molecule has 0 radical (unpaired) electrons. The van der Waals surface area contributed by atoms with Crippen LogP contribution < -0.4 is 21.5 Å². The van der Waals surface area contributed by atoms with E-state index in [1.54, 1.807) is 6.92 Å². The second-order valence-electron chi connectivity index (χ2n) is 8.51. The monoisotopic (exact) mass is 563 g/mol. The molecule has 1 aromatic heterocycles. The summed E-state index contributed by atoms with van der Waals surface area (Å²) >= 11 is 0. The van der Waals surface area contributed by atoms with Gasteiger partial charge in [-0.25, -0.2) is 9.78 Å². The van der Waals surface area contributed by atoms with Crippen molar-refractivity contribution < 1.29 is 45.0 Å². The van der Waals surface area contributed by atoms with Crippen LogP contribution in [0.2, 0.25) is 0 Å². The maximum absolute atomic E-state index is 11.7. The van der Waals surface area contributed by atoms with Crippen molar-refractivity contribution in [2.45, 2.75) is 90.0 Å². The fraction of sp³-hybridized carbons (Fsp3) is 0.750. The van der Waals surface area contributed by atoms with Crippen molar-refractivity contribution in [2.75, 3.05) is 31.6 Å². The molecule has 15 nitrogen and oxygen atoms in total. The van der Waals surface area contributed by atoms with Crippen molar-refractivity contribution in [1.29, 1.82) is 0 Å². The average molecular weight is 564 g/mol. The number of aryl methyl sites for hydroxylation is 1. The summed E-state index contributed by atoms with van der Waals surface area (Å²) < 4.78 is 4.71. The Labute approximate surface area is 227 Å². The predicted molar refractivity (Wildman–Crippen MR) is 142 cm³/mol. The van der Waals surface area contributed by atoms with Gasteiger partial charge in [0.25, 0.3) is 5.56 Å². The van der Waals surface area contributed by atoms with E-state index in [9.17, 15) is 14.4 Å². The van der Waals surface area contributed by atoms with E-state index < -0.39 is 43.3 Å². The van der Waals surface area contributed by atoms with Crippen LogP contribution in [0, 0.1) is 6.92 Å². The Balaban J connectivity index is 0.000000920. The van der Waals surface area contributed by atoms with Crippen LogP contribution in [0.15, 0.2) is 10.9 Å². The highest BCUT2D eigenvalue weighted by atomic mass is 16.6. The number of rotatable bonds is 12. The van der Waals surface area contributed by atoms with Crippen LogP contribution in [0.3, 0.4) is 0 Å². The number of aromatic amines is 1. The molecule has 0 bridgehead atoms. The first-order valence-corrected chi connectivity index (χ1v) is 13.0. The van der Waals surface area contributed by atoms with Gasteiger partial charge >= 0.3 is 6.03 Å². The van der Waals surface area contributed by atoms with Gasteiger partial charge in [-0.1, -0.05) is 13.8 Å². The summed E-state index contributed by atoms with van der Waals surface area (Å²) in [4.78, 5) is 40.9. The van der Waals surface area contributed by atoms with Crippen LogP contribution >= 0.6 is 0 Å². The van der Waals surface area contributed by atoms with Crippen LogP contribution in [-0.2, 0) is 9.53 Å². The Morgan fingerprint density at radius 2 is 1.77 bits per heavy atom. The molecule has 2 heterocycles. The van der Waals surface area contributed by atoms with Crippen molar-refractivity contribution in [3.63, 3.8) is 0 Å². The molecule has 5 atom stereocenters. The highest BCUT2D eigenvalue weighted by molar-refractivity contribution is 5.87. The summed E-state index contributed by atoms with van der Waals surface area (Å²) in [5.74, 6) is -0.0126. The van der Waals surface area contributed by atoms with Crippen LogP contribution in [0.1, 0.15) is 58.1 Å². The second kappa shape index (κ2) is 21.2. The third-order valence-corrected chi connectivity index (χ3v) is 5.19. The van der Waals surface area contributed by atoms with E-state index in [0.717, 1.165) is 0 Å². The van der Waals surface area contributed by atoms with E-state index in [1.165, 1.54) is 6.07 Å². The summed E-state index contributed by atoms with van der Waals surface area (Å²) in [5, 5.41) is 61.3. The summed E-state index contributed by atoms with van der Waals surface area (Å²) in [6.07, 6.45) is -2.29. The molecule has 0 aliphatic carbocycles. The van der Waals surface area contributed by atoms with Crippen molar-refractivity contribution in [3.8, 4) is 0 Å². The number of hydrogen-bond donors (Lipinski definition) is 10. The van der Waals surface area contributed by atoms with E-state index in [0.29, 0.717) is 50.9 Å². The van der Waals surface area contributed by atoms with Crippen molar-refractivity contribution in [1.82, 2.24) is 20.6 Å². The normalized spacial score (nSPS) is 20.8. The number of nitrogens with one attached hydrogen (secondary N) is 4. The Bertz CT molecular complexity index is 872. The topological polar surface area (TPSA) is 247 Å². The Kier molecular flexibility index (Phi) is 19.8. The molecule has 226 valence electrons. The summed E-state index contributed by atoms with van der Waals surface area (Å²) in [6, 6.07) is 0.858. The van der Waals surface area contributed by atoms with E-state index in [-0.39, 0.29) is 30.4 Å². The molecule has 5 unspecified atom stereocenters. The third-order valence-electron chi connectivity index (χ3n) is 5.19. The van der Waals surface area contributed by atoms with Gasteiger partial charge in [0.1, 0.15) is 12.2 Å². The van der Waals surface area contributed by atoms with Gasteiger partial charge in [0.05, 0.1) is 25.4 Å². The van der Waals surface area contributed by atoms with Crippen molar-refractivity contribution in [2.24, 2.45) is 0 Å². The SMILES string of the molecule is CC.Cc1cc(=O)[nH]c(NC(=O)NCCCCNC(=O)CCCC(O)CO)n1.OCC1OC(O)CC(O)C1O. The Hall–Kier alpha value is -2.66. The zero-order chi connectivity index (χ0) is 29.8. The number of amides is 3. The maximum atomic E-state index is 11.7. The average Bonchev–Trinajstić information content (AvgIpc) is 2.89. The molecule has 0 spiro atoms. The first kappa shape index (κ1) is 36.3. The number of aliphatic hydroxyl groups excluding tert-OH is 6. The number of carbonyl (C=O) groups is 2. The Morgan fingerprint density at radius 3 is 2.36 bits per heavy atom. The number of aliphatic hydroxyl groups is 6. The molecule has 0 saturated carbocycles. The summed E-state index contributed by atoms with van der Waals surface area (Å²) in [5.41, 5.74) is 0.167. The van der Waals surface area contributed by atoms with Gasteiger partial charge in [0.15, 0.2) is 6.29 Å². The fourth-order valence-electron chi connectivity index (χ4n) is 3.23. The number of anilines is 1. The molecule has 1 aromatic rings. The van der Waals surface area contributed by atoms with Crippen LogP contribution in [0.4, 0.5) is 10.7 Å². The summed E-state index contributed by atoms with van der Waals surface area (Å²) in [7, 11) is 0. The number of nitrogens with zero attached hydrogens (tertiary/aromatic N) is 1. The first-order chi connectivity index (χ1) is 18.5. The van der Waals surface area contributed by atoms with E-state index >= 15 is 0 Å². The molecule has 2 rings (SSSR count). The second-order valence-corrected chi connectivity index (χ2v) is 8.51. The standard InChI is InChI=1S/C16H27N5O5.C6H12O5.C2H6/c1-11-9-14(25)20-15(19-11)21-16(26)18-8-3-2-7-17-13(24)6-4-5-12(23)10-22;7-2-4-6(10)3(8)1-5(9)11-4;1-2/h9,12,22-23H,2-8,10H2,1H3,(H,17,24)(H3,18,19,20,21,25,26);3-10H,1-2H2;1-2H3. The van der Waals surface area contributed by atoms with Gasteiger partial charge in [-0.15, -0.1) is 0 Å². The van der Waals surface area contributed by atoms with Gasteiger partial charge in [0.2, 0.25) is 11.9 Å². The predicted octanol–water partition coefficient (Wildman–Crippen LogP) is -1.55. The maximum Gasteiger partial charge on any atom is 0.321 e. The van der Waals surface area contributed by atoms with E-state index in [1.807, 2.05) is 13.8 Å². The molecule has 1 saturated heterocycles. The molecule has 39 heavy (non-hydrogen) atoms. The van der Waals surface area contributed by atoms with Gasteiger partial charge < -0.3 is 46.0 Å². The lowest BCUT2D eigenvalue weighted by molar-refractivity contribution is -0.239. The van der Waals surface area contributed by atoms with Gasteiger partial charge in [-0.05, 0) is 32.6 Å². The molecule has 15 heteroatoms. The minimum Gasteiger partial charge on any atom is -0.394 e. The number of unbranched alkanes of at least 4 members (excludes halogenated alkanes) is 1. The molecule has 10 N–H and O–H groups in total. The van der Waals surface area contributed by atoms with E-state index in [4.69, 9.17) is 35.4 Å². The number of urea groups is 1. The summed E-state index contributed by atoms with van der Waals surface area (Å²) in [6.45, 7) is 5.87. The zero-order valence-corrected chi connectivity index (χ0v) is 22.8. The van der Waals surface area contributed by atoms with Crippen LogP contribution in [-0.4, -0.2) is 110 Å². The quantitative estimate of drug-likeness (QED) is 0.130. The highest BCUT2D eigenvalue weighted by Crippen LogP contribution is 2.18. The van der Waals surface area contributed by atoms with Crippen LogP contribution in [0.25, 0.3) is 0 Å². The molecule has 3 amide bonds. The number of H-pyrrole nitrogens is 1. The smallest absolute Gasteiger partial charge is 0.321 e. The zero-order valence-electron chi connectivity index (χ0n) is 22.8. The largest absolute Gasteiger partial charge is 0.394 e.